The SMILES string of the molecule is Cc1cc(CN2CCCC23CCN(C(=O)n2ccc(NS(C)(=O)=O)n2)CC3)cc(N2CCC(C(=O)O)CC2)c1. The van der Waals surface area contributed by atoms with Crippen molar-refractivity contribution in [1.29, 1.82) is 0 Å². The lowest BCUT2D eigenvalue weighted by atomic mass is 9.84. The van der Waals surface area contributed by atoms with Crippen LogP contribution in [0.15, 0.2) is 30.5 Å². The second kappa shape index (κ2) is 10.8. The van der Waals surface area contributed by atoms with Gasteiger partial charge in [-0.15, -0.1) is 5.10 Å². The average molecular weight is 559 g/mol. The number of nitrogens with zero attached hydrogens (tertiary/aromatic N) is 5. The number of carboxylic acids is 1. The highest BCUT2D eigenvalue weighted by Crippen LogP contribution is 2.40. The Balaban J connectivity index is 1.22. The van der Waals surface area contributed by atoms with Crippen LogP contribution in [0.3, 0.4) is 0 Å². The fraction of sp³-hybridized carbons (Fsp3) is 0.593. The van der Waals surface area contributed by atoms with Gasteiger partial charge in [-0.05, 0) is 75.3 Å². The number of aromatic nitrogens is 2. The Kier molecular flexibility index (Phi) is 7.60. The molecule has 0 saturated carbocycles. The Morgan fingerprint density at radius 1 is 1.08 bits per heavy atom. The van der Waals surface area contributed by atoms with Crippen LogP contribution in [-0.2, 0) is 21.4 Å². The van der Waals surface area contributed by atoms with Crippen LogP contribution in [0.1, 0.15) is 49.7 Å². The minimum Gasteiger partial charge on any atom is -0.481 e. The van der Waals surface area contributed by atoms with E-state index < -0.39 is 16.0 Å². The number of sulfonamides is 1. The standard InChI is InChI=1S/C27H38N6O5S/c1-20-16-21(18-23(17-20)30-11-4-22(5-12-30)25(34)35)19-32-10-3-7-27(32)8-14-31(15-9-27)26(36)33-13-6-24(28-33)29-39(2,37)38/h6,13,16-18,22H,3-5,7-12,14-15,19H2,1-2H3,(H,28,29)(H,34,35). The van der Waals surface area contributed by atoms with Crippen LogP contribution in [0, 0.1) is 12.8 Å². The average Bonchev–Trinajstić information content (AvgIpc) is 3.50. The van der Waals surface area contributed by atoms with Gasteiger partial charge in [0, 0.05) is 56.2 Å². The molecule has 212 valence electrons. The summed E-state index contributed by atoms with van der Waals surface area (Å²) in [6, 6.07) is 7.94. The zero-order valence-corrected chi connectivity index (χ0v) is 23.5. The summed E-state index contributed by atoms with van der Waals surface area (Å²) in [5.74, 6) is -0.803. The van der Waals surface area contributed by atoms with Crippen molar-refractivity contribution >= 4 is 33.5 Å². The zero-order chi connectivity index (χ0) is 27.8. The van der Waals surface area contributed by atoms with E-state index in [2.05, 4.69) is 44.7 Å². The molecule has 2 aromatic rings. The van der Waals surface area contributed by atoms with Crippen LogP contribution in [0.5, 0.6) is 0 Å². The van der Waals surface area contributed by atoms with Crippen molar-refractivity contribution < 1.29 is 23.1 Å². The number of anilines is 2. The predicted octanol–water partition coefficient (Wildman–Crippen LogP) is 2.96. The molecule has 2 N–H and O–H groups in total. The van der Waals surface area contributed by atoms with Gasteiger partial charge in [0.1, 0.15) is 0 Å². The number of piperidine rings is 2. The first-order valence-corrected chi connectivity index (χ1v) is 15.6. The molecule has 3 fully saturated rings. The minimum absolute atomic E-state index is 0.0631. The number of nitrogens with one attached hydrogen (secondary N) is 1. The van der Waals surface area contributed by atoms with Crippen LogP contribution in [-0.4, -0.2) is 89.6 Å². The fourth-order valence-corrected chi connectivity index (χ4v) is 6.95. The number of aryl methyl sites for hydroxylation is 1. The van der Waals surface area contributed by atoms with Crippen molar-refractivity contribution in [3.8, 4) is 0 Å². The summed E-state index contributed by atoms with van der Waals surface area (Å²) in [4.78, 5) is 31.1. The van der Waals surface area contributed by atoms with Gasteiger partial charge in [-0.3, -0.25) is 14.4 Å². The quantitative estimate of drug-likeness (QED) is 0.554. The number of hydrogen-bond donors (Lipinski definition) is 2. The van der Waals surface area contributed by atoms with E-state index in [9.17, 15) is 23.1 Å². The van der Waals surface area contributed by atoms with Gasteiger partial charge in [0.25, 0.3) is 0 Å². The highest BCUT2D eigenvalue weighted by Gasteiger charge is 2.44. The highest BCUT2D eigenvalue weighted by molar-refractivity contribution is 7.92. The van der Waals surface area contributed by atoms with Crippen molar-refractivity contribution in [3.05, 3.63) is 41.6 Å². The van der Waals surface area contributed by atoms with Crippen molar-refractivity contribution in [2.24, 2.45) is 5.92 Å². The van der Waals surface area contributed by atoms with Crippen LogP contribution in [0.2, 0.25) is 0 Å². The molecule has 1 aromatic carbocycles. The molecule has 0 aliphatic carbocycles. The first-order valence-electron chi connectivity index (χ1n) is 13.7. The molecular formula is C27H38N6O5S. The summed E-state index contributed by atoms with van der Waals surface area (Å²) >= 11 is 0. The number of carboxylic acid groups (broad SMARTS) is 1. The normalized spacial score (nSPS) is 20.5. The summed E-state index contributed by atoms with van der Waals surface area (Å²) in [5, 5.41) is 13.4. The van der Waals surface area contributed by atoms with Gasteiger partial charge in [0.15, 0.2) is 5.82 Å². The number of amides is 1. The highest BCUT2D eigenvalue weighted by atomic mass is 32.2. The lowest BCUT2D eigenvalue weighted by Gasteiger charge is -2.45. The zero-order valence-electron chi connectivity index (χ0n) is 22.7. The van der Waals surface area contributed by atoms with Gasteiger partial charge in [-0.2, -0.15) is 4.68 Å². The Hall–Kier alpha value is -3.12. The smallest absolute Gasteiger partial charge is 0.344 e. The number of rotatable bonds is 6. The largest absolute Gasteiger partial charge is 0.481 e. The minimum atomic E-state index is -3.46. The Morgan fingerprint density at radius 3 is 2.46 bits per heavy atom. The lowest BCUT2D eigenvalue weighted by molar-refractivity contribution is -0.142. The van der Waals surface area contributed by atoms with E-state index in [1.54, 1.807) is 4.90 Å². The number of benzene rings is 1. The molecule has 0 bridgehead atoms. The van der Waals surface area contributed by atoms with Gasteiger partial charge in [0.05, 0.1) is 12.2 Å². The third-order valence-corrected chi connectivity index (χ3v) is 9.07. The van der Waals surface area contributed by atoms with Crippen LogP contribution < -0.4 is 9.62 Å². The Bertz CT molecular complexity index is 1330. The Morgan fingerprint density at radius 2 is 1.79 bits per heavy atom. The molecule has 0 unspecified atom stereocenters. The maximum absolute atomic E-state index is 13.0. The van der Waals surface area contributed by atoms with Crippen LogP contribution in [0.25, 0.3) is 0 Å². The van der Waals surface area contributed by atoms with E-state index in [0.29, 0.717) is 25.9 Å². The molecule has 3 saturated heterocycles. The summed E-state index contributed by atoms with van der Waals surface area (Å²) in [7, 11) is -3.46. The first-order chi connectivity index (χ1) is 18.5. The summed E-state index contributed by atoms with van der Waals surface area (Å²) in [6.45, 7) is 6.78. The lowest BCUT2D eigenvalue weighted by Crippen LogP contribution is -2.53. The van der Waals surface area contributed by atoms with Crippen molar-refractivity contribution in [2.45, 2.75) is 57.5 Å². The molecule has 1 amide bonds. The molecule has 0 atom stereocenters. The summed E-state index contributed by atoms with van der Waals surface area (Å²) < 4.78 is 26.4. The van der Waals surface area contributed by atoms with Crippen molar-refractivity contribution in [3.63, 3.8) is 0 Å². The van der Waals surface area contributed by atoms with E-state index in [-0.39, 0.29) is 23.3 Å². The van der Waals surface area contributed by atoms with Gasteiger partial charge in [-0.1, -0.05) is 6.07 Å². The maximum Gasteiger partial charge on any atom is 0.344 e. The molecule has 3 aliphatic rings. The van der Waals surface area contributed by atoms with E-state index in [0.717, 1.165) is 58.1 Å². The molecule has 4 heterocycles. The molecule has 1 aromatic heterocycles. The number of carbonyl (C=O) groups is 2. The third kappa shape index (κ3) is 6.22. The van der Waals surface area contributed by atoms with Gasteiger partial charge in [-0.25, -0.2) is 13.2 Å². The topological polar surface area (TPSA) is 128 Å². The molecule has 12 heteroatoms. The van der Waals surface area contributed by atoms with E-state index in [1.165, 1.54) is 33.8 Å². The van der Waals surface area contributed by atoms with E-state index in [4.69, 9.17) is 0 Å². The second-order valence-electron chi connectivity index (χ2n) is 11.3. The van der Waals surface area contributed by atoms with E-state index in [1.807, 2.05) is 0 Å². The van der Waals surface area contributed by atoms with Crippen LogP contribution >= 0.6 is 0 Å². The van der Waals surface area contributed by atoms with Gasteiger partial charge in [0.2, 0.25) is 10.0 Å². The number of carbonyl (C=O) groups excluding carboxylic acids is 1. The predicted molar refractivity (Wildman–Crippen MR) is 148 cm³/mol. The number of likely N-dealkylation sites (tertiary alicyclic amines) is 2. The molecule has 3 aliphatic heterocycles. The molecule has 11 nitrogen and oxygen atoms in total. The molecule has 5 rings (SSSR count). The third-order valence-electron chi connectivity index (χ3n) is 8.49. The van der Waals surface area contributed by atoms with Crippen molar-refractivity contribution in [2.75, 3.05) is 48.6 Å². The monoisotopic (exact) mass is 558 g/mol. The maximum atomic E-state index is 13.0. The molecule has 1 spiro atoms. The van der Waals surface area contributed by atoms with Crippen LogP contribution in [0.4, 0.5) is 16.3 Å². The first kappa shape index (κ1) is 27.4. The van der Waals surface area contributed by atoms with Crippen molar-refractivity contribution in [1.82, 2.24) is 19.6 Å². The molecule has 0 radical (unpaired) electrons. The summed E-state index contributed by atoms with van der Waals surface area (Å²) in [5.41, 5.74) is 3.72. The fourth-order valence-electron chi connectivity index (χ4n) is 6.46. The van der Waals surface area contributed by atoms with Gasteiger partial charge < -0.3 is 14.9 Å². The number of hydrogen-bond acceptors (Lipinski definition) is 7. The second-order valence-corrected chi connectivity index (χ2v) is 13.1. The molecule has 39 heavy (non-hydrogen) atoms. The van der Waals surface area contributed by atoms with E-state index >= 15 is 0 Å². The Labute approximate surface area is 229 Å². The summed E-state index contributed by atoms with van der Waals surface area (Å²) in [6.07, 6.45) is 7.91. The number of aliphatic carboxylic acids is 1. The molecular weight excluding hydrogens is 520 g/mol. The van der Waals surface area contributed by atoms with Gasteiger partial charge >= 0.3 is 12.0 Å².